The molecule has 0 aliphatic heterocycles. The molecule has 2 aromatic rings. The Bertz CT molecular complexity index is 573. The number of aromatic nitrogens is 1. The summed E-state index contributed by atoms with van der Waals surface area (Å²) >= 11 is 5.82. The summed E-state index contributed by atoms with van der Waals surface area (Å²) in [6.45, 7) is 2.29. The van der Waals surface area contributed by atoms with E-state index in [1.807, 2.05) is 25.1 Å². The van der Waals surface area contributed by atoms with E-state index in [9.17, 15) is 4.79 Å². The van der Waals surface area contributed by atoms with Gasteiger partial charge >= 0.3 is 0 Å². The fraction of sp³-hybridized carbons (Fsp3) is 0.250. The van der Waals surface area contributed by atoms with Gasteiger partial charge < -0.3 is 10.1 Å². The standard InChI is InChI=1S/C16H17ClN2O2/c1-2-15(21-14-8-6-12(17)7-9-14)16(20)19-11-13-5-3-4-10-18-13/h3-10,15H,2,11H2,1H3,(H,19,20). The molecule has 1 atom stereocenters. The molecule has 1 N–H and O–H groups in total. The maximum absolute atomic E-state index is 12.1. The van der Waals surface area contributed by atoms with Gasteiger partial charge in [-0.1, -0.05) is 24.6 Å². The zero-order valence-corrected chi connectivity index (χ0v) is 12.5. The molecule has 0 spiro atoms. The van der Waals surface area contributed by atoms with E-state index < -0.39 is 6.10 Å². The van der Waals surface area contributed by atoms with Crippen molar-refractivity contribution in [1.82, 2.24) is 10.3 Å². The van der Waals surface area contributed by atoms with Crippen molar-refractivity contribution in [2.45, 2.75) is 26.0 Å². The molecule has 1 aromatic heterocycles. The maximum Gasteiger partial charge on any atom is 0.261 e. The van der Waals surface area contributed by atoms with E-state index in [4.69, 9.17) is 16.3 Å². The van der Waals surface area contributed by atoms with Crippen LogP contribution in [-0.4, -0.2) is 17.0 Å². The van der Waals surface area contributed by atoms with Crippen molar-refractivity contribution in [3.8, 4) is 5.75 Å². The van der Waals surface area contributed by atoms with Crippen LogP contribution in [0.1, 0.15) is 19.0 Å². The van der Waals surface area contributed by atoms with Gasteiger partial charge in [0.05, 0.1) is 12.2 Å². The second-order valence-electron chi connectivity index (χ2n) is 4.51. The molecule has 0 radical (unpaired) electrons. The molecule has 0 saturated carbocycles. The highest BCUT2D eigenvalue weighted by molar-refractivity contribution is 6.30. The van der Waals surface area contributed by atoms with Crippen LogP contribution in [0.4, 0.5) is 0 Å². The summed E-state index contributed by atoms with van der Waals surface area (Å²) in [5, 5.41) is 3.46. The first kappa shape index (κ1) is 15.3. The lowest BCUT2D eigenvalue weighted by Crippen LogP contribution is -2.37. The lowest BCUT2D eigenvalue weighted by Gasteiger charge is -2.17. The summed E-state index contributed by atoms with van der Waals surface area (Å²) in [6.07, 6.45) is 1.74. The van der Waals surface area contributed by atoms with Crippen molar-refractivity contribution in [1.29, 1.82) is 0 Å². The van der Waals surface area contributed by atoms with E-state index in [0.717, 1.165) is 5.69 Å². The monoisotopic (exact) mass is 304 g/mol. The first-order valence-corrected chi connectivity index (χ1v) is 7.16. The number of ether oxygens (including phenoxy) is 1. The Hall–Kier alpha value is -2.07. The van der Waals surface area contributed by atoms with Gasteiger partial charge in [0.25, 0.3) is 5.91 Å². The van der Waals surface area contributed by atoms with Crippen LogP contribution in [0.15, 0.2) is 48.7 Å². The molecule has 110 valence electrons. The topological polar surface area (TPSA) is 51.2 Å². The summed E-state index contributed by atoms with van der Waals surface area (Å²) in [6, 6.07) is 12.5. The summed E-state index contributed by atoms with van der Waals surface area (Å²) in [4.78, 5) is 16.3. The smallest absolute Gasteiger partial charge is 0.261 e. The average Bonchev–Trinajstić information content (AvgIpc) is 2.53. The molecule has 0 saturated heterocycles. The van der Waals surface area contributed by atoms with Crippen LogP contribution in [0, 0.1) is 0 Å². The zero-order chi connectivity index (χ0) is 15.1. The number of amides is 1. The molecule has 1 aromatic carbocycles. The van der Waals surface area contributed by atoms with Crippen molar-refractivity contribution < 1.29 is 9.53 Å². The number of benzene rings is 1. The minimum Gasteiger partial charge on any atom is -0.481 e. The molecule has 0 fully saturated rings. The number of rotatable bonds is 6. The summed E-state index contributed by atoms with van der Waals surface area (Å²) < 4.78 is 5.68. The van der Waals surface area contributed by atoms with Crippen LogP contribution in [0.25, 0.3) is 0 Å². The van der Waals surface area contributed by atoms with Gasteiger partial charge in [-0.15, -0.1) is 0 Å². The number of halogens is 1. The van der Waals surface area contributed by atoms with E-state index in [1.165, 1.54) is 0 Å². The summed E-state index contributed by atoms with van der Waals surface area (Å²) in [5.74, 6) is 0.470. The molecule has 2 rings (SSSR count). The van der Waals surface area contributed by atoms with Gasteiger partial charge in [-0.3, -0.25) is 9.78 Å². The SMILES string of the molecule is CCC(Oc1ccc(Cl)cc1)C(=O)NCc1ccccn1. The number of pyridine rings is 1. The number of nitrogens with zero attached hydrogens (tertiary/aromatic N) is 1. The Morgan fingerprint density at radius 3 is 2.67 bits per heavy atom. The Kier molecular flexibility index (Phi) is 5.58. The quantitative estimate of drug-likeness (QED) is 0.891. The second kappa shape index (κ2) is 7.64. The number of carbonyl (C=O) groups excluding carboxylic acids is 1. The molecule has 1 heterocycles. The van der Waals surface area contributed by atoms with E-state index >= 15 is 0 Å². The number of carbonyl (C=O) groups is 1. The molecule has 5 heteroatoms. The Balaban J connectivity index is 1.90. The molecule has 0 aliphatic rings. The fourth-order valence-corrected chi connectivity index (χ4v) is 1.92. The van der Waals surface area contributed by atoms with E-state index in [0.29, 0.717) is 23.7 Å². The van der Waals surface area contributed by atoms with Crippen molar-refractivity contribution >= 4 is 17.5 Å². The van der Waals surface area contributed by atoms with Gasteiger partial charge in [0, 0.05) is 11.2 Å². The maximum atomic E-state index is 12.1. The molecule has 4 nitrogen and oxygen atoms in total. The molecule has 1 amide bonds. The Morgan fingerprint density at radius 1 is 1.29 bits per heavy atom. The van der Waals surface area contributed by atoms with Crippen molar-refractivity contribution in [2.24, 2.45) is 0 Å². The van der Waals surface area contributed by atoms with Gasteiger partial charge in [0.1, 0.15) is 5.75 Å². The van der Waals surface area contributed by atoms with Crippen LogP contribution in [-0.2, 0) is 11.3 Å². The highest BCUT2D eigenvalue weighted by Gasteiger charge is 2.18. The van der Waals surface area contributed by atoms with Gasteiger partial charge in [-0.05, 0) is 42.8 Å². The largest absolute Gasteiger partial charge is 0.481 e. The third-order valence-corrected chi connectivity index (χ3v) is 3.18. The first-order chi connectivity index (χ1) is 10.2. The molecule has 1 unspecified atom stereocenters. The highest BCUT2D eigenvalue weighted by atomic mass is 35.5. The summed E-state index contributed by atoms with van der Waals surface area (Å²) in [5.41, 5.74) is 0.812. The van der Waals surface area contributed by atoms with Crippen molar-refractivity contribution in [3.63, 3.8) is 0 Å². The van der Waals surface area contributed by atoms with Gasteiger partial charge in [-0.2, -0.15) is 0 Å². The Morgan fingerprint density at radius 2 is 2.05 bits per heavy atom. The predicted molar refractivity (Wildman–Crippen MR) is 82.2 cm³/mol. The third-order valence-electron chi connectivity index (χ3n) is 2.93. The summed E-state index contributed by atoms with van der Waals surface area (Å²) in [7, 11) is 0. The second-order valence-corrected chi connectivity index (χ2v) is 4.94. The number of nitrogens with one attached hydrogen (secondary N) is 1. The van der Waals surface area contributed by atoms with E-state index in [2.05, 4.69) is 10.3 Å². The molecular formula is C16H17ClN2O2. The van der Waals surface area contributed by atoms with Crippen LogP contribution in [0.5, 0.6) is 5.75 Å². The number of hydrogen-bond donors (Lipinski definition) is 1. The minimum atomic E-state index is -0.533. The Labute approximate surface area is 129 Å². The molecule has 21 heavy (non-hydrogen) atoms. The van der Waals surface area contributed by atoms with Crippen LogP contribution in [0.2, 0.25) is 5.02 Å². The van der Waals surface area contributed by atoms with E-state index in [-0.39, 0.29) is 5.91 Å². The van der Waals surface area contributed by atoms with E-state index in [1.54, 1.807) is 30.5 Å². The van der Waals surface area contributed by atoms with Gasteiger partial charge in [0.2, 0.25) is 0 Å². The van der Waals surface area contributed by atoms with Gasteiger partial charge in [-0.25, -0.2) is 0 Å². The average molecular weight is 305 g/mol. The first-order valence-electron chi connectivity index (χ1n) is 6.79. The number of hydrogen-bond acceptors (Lipinski definition) is 3. The van der Waals surface area contributed by atoms with Crippen LogP contribution >= 0.6 is 11.6 Å². The predicted octanol–water partition coefficient (Wildman–Crippen LogP) is 3.21. The van der Waals surface area contributed by atoms with Crippen LogP contribution in [0.3, 0.4) is 0 Å². The molecule has 0 aliphatic carbocycles. The van der Waals surface area contributed by atoms with Gasteiger partial charge in [0.15, 0.2) is 6.10 Å². The van der Waals surface area contributed by atoms with Crippen LogP contribution < -0.4 is 10.1 Å². The lowest BCUT2D eigenvalue weighted by atomic mass is 10.2. The minimum absolute atomic E-state index is 0.155. The van der Waals surface area contributed by atoms with Crippen molar-refractivity contribution in [2.75, 3.05) is 0 Å². The third kappa shape index (κ3) is 4.76. The fourth-order valence-electron chi connectivity index (χ4n) is 1.79. The molecular weight excluding hydrogens is 288 g/mol. The lowest BCUT2D eigenvalue weighted by molar-refractivity contribution is -0.128. The van der Waals surface area contributed by atoms with Crippen molar-refractivity contribution in [3.05, 3.63) is 59.4 Å². The normalized spacial score (nSPS) is 11.7. The molecule has 0 bridgehead atoms. The highest BCUT2D eigenvalue weighted by Crippen LogP contribution is 2.17. The zero-order valence-electron chi connectivity index (χ0n) is 11.8.